The lowest BCUT2D eigenvalue weighted by Gasteiger charge is -2.11. The van der Waals surface area contributed by atoms with Crippen LogP contribution < -0.4 is 4.74 Å². The molecule has 1 N–H and O–H groups in total. The van der Waals surface area contributed by atoms with Gasteiger partial charge in [0.1, 0.15) is 6.61 Å². The number of hydrogen-bond donors (Lipinski definition) is 1. The predicted molar refractivity (Wildman–Crippen MR) is 110 cm³/mol. The first kappa shape index (κ1) is 20.8. The molecule has 0 aliphatic heterocycles. The molecule has 1 heterocycles. The minimum Gasteiger partial charge on any atom is -0.482 e. The van der Waals surface area contributed by atoms with Crippen molar-refractivity contribution in [1.29, 1.82) is 0 Å². The van der Waals surface area contributed by atoms with Gasteiger partial charge in [0, 0.05) is 12.2 Å². The lowest BCUT2D eigenvalue weighted by molar-refractivity contribution is 0.276. The van der Waals surface area contributed by atoms with Gasteiger partial charge < -0.3 is 9.84 Å². The van der Waals surface area contributed by atoms with E-state index in [4.69, 9.17) is 21.4 Å². The highest BCUT2D eigenvalue weighted by atomic mass is 35.5. The Balaban J connectivity index is 1.80. The number of hydrogen-bond acceptors (Lipinski definition) is 3. The van der Waals surface area contributed by atoms with Gasteiger partial charge >= 0.3 is 0 Å². The largest absolute Gasteiger partial charge is 0.482 e. The fourth-order valence-corrected chi connectivity index (χ4v) is 4.19. The van der Waals surface area contributed by atoms with Crippen molar-refractivity contribution in [2.24, 2.45) is 0 Å². The Kier molecular flexibility index (Phi) is 7.05. The van der Waals surface area contributed by atoms with E-state index in [-0.39, 0.29) is 13.2 Å². The van der Waals surface area contributed by atoms with Crippen molar-refractivity contribution < 1.29 is 18.6 Å². The molecule has 2 nitrogen and oxygen atoms in total. The van der Waals surface area contributed by atoms with Gasteiger partial charge in [-0.2, -0.15) is 0 Å². The second-order valence-electron chi connectivity index (χ2n) is 6.44. The van der Waals surface area contributed by atoms with E-state index in [0.29, 0.717) is 22.7 Å². The first-order valence-corrected chi connectivity index (χ1v) is 10.3. The van der Waals surface area contributed by atoms with Crippen LogP contribution >= 0.6 is 22.9 Å². The Bertz CT molecular complexity index is 915. The van der Waals surface area contributed by atoms with Crippen molar-refractivity contribution >= 4 is 22.9 Å². The highest BCUT2D eigenvalue weighted by Gasteiger charge is 2.16. The van der Waals surface area contributed by atoms with Crippen molar-refractivity contribution in [3.63, 3.8) is 0 Å². The molecule has 0 bridgehead atoms. The zero-order valence-corrected chi connectivity index (χ0v) is 17.0. The van der Waals surface area contributed by atoms with Crippen molar-refractivity contribution in [3.05, 3.63) is 74.4 Å². The van der Waals surface area contributed by atoms with Gasteiger partial charge in [-0.3, -0.25) is 0 Å². The first-order chi connectivity index (χ1) is 13.5. The van der Waals surface area contributed by atoms with E-state index in [1.165, 1.54) is 29.0 Å². The highest BCUT2D eigenvalue weighted by Crippen LogP contribution is 2.36. The fourth-order valence-electron chi connectivity index (χ4n) is 2.98. The van der Waals surface area contributed by atoms with Crippen LogP contribution in [-0.4, -0.2) is 11.7 Å². The number of ether oxygens (including phenoxy) is 1. The SMILES string of the molecule is CCc1ccc(-c2cc(Cl)sc2COc2c(F)cc(CCCO)cc2F)cc1. The predicted octanol–water partition coefficient (Wildman–Crippen LogP) is 6.41. The molecular weight excluding hydrogens is 402 g/mol. The molecule has 3 aromatic rings. The van der Waals surface area contributed by atoms with E-state index >= 15 is 0 Å². The number of benzene rings is 2. The molecule has 0 radical (unpaired) electrons. The summed E-state index contributed by atoms with van der Waals surface area (Å²) in [7, 11) is 0. The number of aliphatic hydroxyl groups excluding tert-OH is 1. The third-order valence-corrected chi connectivity index (χ3v) is 5.72. The van der Waals surface area contributed by atoms with Crippen molar-refractivity contribution in [2.75, 3.05) is 6.61 Å². The zero-order valence-electron chi connectivity index (χ0n) is 15.5. The third kappa shape index (κ3) is 4.90. The molecule has 6 heteroatoms. The van der Waals surface area contributed by atoms with Gasteiger partial charge in [0.25, 0.3) is 0 Å². The van der Waals surface area contributed by atoms with Crippen LogP contribution in [0.3, 0.4) is 0 Å². The summed E-state index contributed by atoms with van der Waals surface area (Å²) < 4.78 is 34.7. The summed E-state index contributed by atoms with van der Waals surface area (Å²) in [5.74, 6) is -1.89. The zero-order chi connectivity index (χ0) is 20.1. The van der Waals surface area contributed by atoms with E-state index in [1.54, 1.807) is 0 Å². The monoisotopic (exact) mass is 422 g/mol. The average Bonchev–Trinajstić information content (AvgIpc) is 3.06. The summed E-state index contributed by atoms with van der Waals surface area (Å²) in [6.45, 7) is 2.09. The van der Waals surface area contributed by atoms with Crippen LogP contribution in [0, 0.1) is 11.6 Å². The maximum Gasteiger partial charge on any atom is 0.191 e. The average molecular weight is 423 g/mol. The van der Waals surface area contributed by atoms with Crippen LogP contribution in [0.5, 0.6) is 5.75 Å². The molecule has 0 amide bonds. The topological polar surface area (TPSA) is 29.5 Å². The molecule has 0 atom stereocenters. The van der Waals surface area contributed by atoms with E-state index in [9.17, 15) is 8.78 Å². The maximum atomic E-state index is 14.3. The van der Waals surface area contributed by atoms with Gasteiger partial charge in [0.15, 0.2) is 17.4 Å². The van der Waals surface area contributed by atoms with Gasteiger partial charge in [-0.1, -0.05) is 42.8 Å². The summed E-state index contributed by atoms with van der Waals surface area (Å²) >= 11 is 7.51. The van der Waals surface area contributed by atoms with Gasteiger partial charge in [-0.25, -0.2) is 8.78 Å². The molecule has 0 aliphatic rings. The molecule has 148 valence electrons. The molecular formula is C22H21ClF2O2S. The van der Waals surface area contributed by atoms with E-state index in [1.807, 2.05) is 18.2 Å². The van der Waals surface area contributed by atoms with Crippen LogP contribution in [0.15, 0.2) is 42.5 Å². The molecule has 0 aliphatic carbocycles. The van der Waals surface area contributed by atoms with Crippen LogP contribution in [0.25, 0.3) is 11.1 Å². The summed E-state index contributed by atoms with van der Waals surface area (Å²) in [6, 6.07) is 12.5. The van der Waals surface area contributed by atoms with Gasteiger partial charge in [0.05, 0.1) is 9.21 Å². The number of aryl methyl sites for hydroxylation is 2. The Hall–Kier alpha value is -1.95. The molecule has 3 rings (SSSR count). The van der Waals surface area contributed by atoms with Crippen molar-refractivity contribution in [3.8, 4) is 16.9 Å². The van der Waals surface area contributed by atoms with Gasteiger partial charge in [-0.15, -0.1) is 11.3 Å². The van der Waals surface area contributed by atoms with Crippen molar-refractivity contribution in [1.82, 2.24) is 0 Å². The molecule has 0 saturated heterocycles. The minimum absolute atomic E-state index is 0.0199. The maximum absolute atomic E-state index is 14.3. The molecule has 0 saturated carbocycles. The smallest absolute Gasteiger partial charge is 0.191 e. The summed E-state index contributed by atoms with van der Waals surface area (Å²) in [4.78, 5) is 0.803. The fraction of sp³-hybridized carbons (Fsp3) is 0.273. The lowest BCUT2D eigenvalue weighted by atomic mass is 10.0. The van der Waals surface area contributed by atoms with Crippen LogP contribution in [-0.2, 0) is 19.4 Å². The standard InChI is InChI=1S/C22H21ClF2O2S/c1-2-14-5-7-16(8-6-14)17-12-21(23)28-20(17)13-27-22-18(24)10-15(4-3-9-26)11-19(22)25/h5-8,10-12,26H,2-4,9,13H2,1H3. The normalized spacial score (nSPS) is 11.0. The number of halogens is 3. The molecule has 28 heavy (non-hydrogen) atoms. The second-order valence-corrected chi connectivity index (χ2v) is 8.21. The molecule has 2 aromatic carbocycles. The molecule has 1 aromatic heterocycles. The van der Waals surface area contributed by atoms with Gasteiger partial charge in [0.2, 0.25) is 0 Å². The van der Waals surface area contributed by atoms with Gasteiger partial charge in [-0.05, 0) is 54.2 Å². The number of aliphatic hydroxyl groups is 1. The van der Waals surface area contributed by atoms with Crippen LogP contribution in [0.2, 0.25) is 4.34 Å². The van der Waals surface area contributed by atoms with Crippen LogP contribution in [0.1, 0.15) is 29.3 Å². The Morgan fingerprint density at radius 3 is 2.32 bits per heavy atom. The third-order valence-electron chi connectivity index (χ3n) is 4.48. The van der Waals surface area contributed by atoms with E-state index < -0.39 is 17.4 Å². The van der Waals surface area contributed by atoms with E-state index in [0.717, 1.165) is 22.4 Å². The Morgan fingerprint density at radius 2 is 1.71 bits per heavy atom. The number of rotatable bonds is 8. The second kappa shape index (κ2) is 9.50. The summed E-state index contributed by atoms with van der Waals surface area (Å²) in [5, 5.41) is 8.86. The highest BCUT2D eigenvalue weighted by molar-refractivity contribution is 7.16. The summed E-state index contributed by atoms with van der Waals surface area (Å²) in [6.07, 6.45) is 1.81. The lowest BCUT2D eigenvalue weighted by Crippen LogP contribution is -2.01. The van der Waals surface area contributed by atoms with Crippen molar-refractivity contribution in [2.45, 2.75) is 32.8 Å². The number of thiophene rings is 1. The van der Waals surface area contributed by atoms with E-state index in [2.05, 4.69) is 19.1 Å². The molecule has 0 unspecified atom stereocenters. The molecule has 0 fully saturated rings. The Morgan fingerprint density at radius 1 is 1.04 bits per heavy atom. The Labute approximate surface area is 172 Å². The van der Waals surface area contributed by atoms with Crippen LogP contribution in [0.4, 0.5) is 8.78 Å². The summed E-state index contributed by atoms with van der Waals surface area (Å²) in [5.41, 5.74) is 3.61. The quantitative estimate of drug-likeness (QED) is 0.454. The first-order valence-electron chi connectivity index (χ1n) is 9.11. The molecule has 0 spiro atoms. The minimum atomic E-state index is -0.746.